The van der Waals surface area contributed by atoms with Crippen LogP contribution in [0.15, 0.2) is 127 Å². The predicted molar refractivity (Wildman–Crippen MR) is 152 cm³/mol. The van der Waals surface area contributed by atoms with Gasteiger partial charge in [0.1, 0.15) is 0 Å². The van der Waals surface area contributed by atoms with Crippen molar-refractivity contribution in [3.8, 4) is 22.3 Å². The summed E-state index contributed by atoms with van der Waals surface area (Å²) >= 11 is 0. The molecule has 0 saturated heterocycles. The Morgan fingerprint density at radius 2 is 0.829 bits per heavy atom. The third kappa shape index (κ3) is 3.07. The molecule has 7 rings (SSSR count). The van der Waals surface area contributed by atoms with Gasteiger partial charge in [-0.05, 0) is 78.3 Å². The van der Waals surface area contributed by atoms with Gasteiger partial charge in [-0.1, -0.05) is 127 Å². The molecule has 0 nitrogen and oxygen atoms in total. The molecule has 0 N–H and O–H groups in total. The molecule has 35 heavy (non-hydrogen) atoms. The van der Waals surface area contributed by atoms with Crippen molar-refractivity contribution in [1.82, 2.24) is 0 Å². The van der Waals surface area contributed by atoms with E-state index < -0.39 is 0 Å². The van der Waals surface area contributed by atoms with Crippen LogP contribution in [-0.2, 0) is 0 Å². The van der Waals surface area contributed by atoms with Gasteiger partial charge in [0.15, 0.2) is 0 Å². The number of hydrogen-bond donors (Lipinski definition) is 0. The third-order valence-corrected chi connectivity index (χ3v) is 7.31. The van der Waals surface area contributed by atoms with Crippen LogP contribution in [0.5, 0.6) is 0 Å². The highest BCUT2D eigenvalue weighted by molar-refractivity contribution is 6.25. The van der Waals surface area contributed by atoms with Crippen LogP contribution in [-0.4, -0.2) is 0 Å². The molecule has 0 amide bonds. The van der Waals surface area contributed by atoms with Crippen molar-refractivity contribution in [2.75, 3.05) is 0 Å². The lowest BCUT2D eigenvalue weighted by molar-refractivity contribution is 1.47. The lowest BCUT2D eigenvalue weighted by atomic mass is 9.84. The Bertz CT molecular complexity index is 1830. The molecule has 0 heterocycles. The van der Waals surface area contributed by atoms with E-state index in [0.717, 1.165) is 0 Å². The van der Waals surface area contributed by atoms with Gasteiger partial charge < -0.3 is 0 Å². The van der Waals surface area contributed by atoms with Crippen LogP contribution in [0.4, 0.5) is 0 Å². The van der Waals surface area contributed by atoms with Crippen LogP contribution in [0.3, 0.4) is 0 Å². The maximum absolute atomic E-state index is 2.39. The first-order chi connectivity index (χ1) is 17.3. The fourth-order valence-electron chi connectivity index (χ4n) is 5.71. The molecule has 0 unspecified atom stereocenters. The van der Waals surface area contributed by atoms with Crippen LogP contribution in [0.25, 0.3) is 65.3 Å². The number of rotatable bonds is 2. The zero-order valence-corrected chi connectivity index (χ0v) is 19.6. The molecule has 0 aliphatic rings. The van der Waals surface area contributed by atoms with Crippen molar-refractivity contribution >= 4 is 43.1 Å². The second-order valence-electron chi connectivity index (χ2n) is 9.40. The van der Waals surface area contributed by atoms with E-state index in [9.17, 15) is 0 Å². The largest absolute Gasteiger partial charge is 0.0616 e. The molecule has 0 aromatic heterocycles. The van der Waals surface area contributed by atoms with Gasteiger partial charge in [-0.15, -0.1) is 0 Å². The summed E-state index contributed by atoms with van der Waals surface area (Å²) < 4.78 is 0. The highest BCUT2D eigenvalue weighted by Gasteiger charge is 2.18. The van der Waals surface area contributed by atoms with Gasteiger partial charge in [0.25, 0.3) is 0 Å². The van der Waals surface area contributed by atoms with Crippen molar-refractivity contribution in [2.45, 2.75) is 6.92 Å². The molecule has 0 spiro atoms. The number of fused-ring (bicyclic) bond motifs is 5. The molecular formula is C35H24. The van der Waals surface area contributed by atoms with E-state index in [-0.39, 0.29) is 0 Å². The minimum atomic E-state index is 1.26. The van der Waals surface area contributed by atoms with Gasteiger partial charge in [-0.25, -0.2) is 0 Å². The average molecular weight is 445 g/mol. The monoisotopic (exact) mass is 444 g/mol. The lowest BCUT2D eigenvalue weighted by Crippen LogP contribution is -1.92. The minimum Gasteiger partial charge on any atom is -0.0616 e. The number of hydrogen-bond acceptors (Lipinski definition) is 0. The second kappa shape index (κ2) is 7.82. The van der Waals surface area contributed by atoms with E-state index in [1.54, 1.807) is 0 Å². The Hall–Kier alpha value is -4.42. The number of aryl methyl sites for hydroxylation is 1. The summed E-state index contributed by atoms with van der Waals surface area (Å²) in [6, 6.07) is 46.7. The SMILES string of the molecule is Cc1ccc(-c2c3ccccc3c(-c3cc4ccccc4c4ccccc34)c3ccccc23)cc1. The fourth-order valence-corrected chi connectivity index (χ4v) is 5.71. The van der Waals surface area contributed by atoms with Crippen LogP contribution >= 0.6 is 0 Å². The number of benzene rings is 7. The van der Waals surface area contributed by atoms with E-state index in [1.807, 2.05) is 0 Å². The second-order valence-corrected chi connectivity index (χ2v) is 9.40. The van der Waals surface area contributed by atoms with Gasteiger partial charge >= 0.3 is 0 Å². The van der Waals surface area contributed by atoms with Gasteiger partial charge in [0.2, 0.25) is 0 Å². The molecule has 0 aliphatic heterocycles. The first-order valence-electron chi connectivity index (χ1n) is 12.2. The van der Waals surface area contributed by atoms with Gasteiger partial charge in [-0.2, -0.15) is 0 Å². The molecule has 164 valence electrons. The van der Waals surface area contributed by atoms with Gasteiger partial charge in [0.05, 0.1) is 0 Å². The Kier molecular flexibility index (Phi) is 4.47. The summed E-state index contributed by atoms with van der Waals surface area (Å²) in [5.74, 6) is 0. The van der Waals surface area contributed by atoms with Crippen LogP contribution in [0.2, 0.25) is 0 Å². The van der Waals surface area contributed by atoms with Crippen molar-refractivity contribution in [1.29, 1.82) is 0 Å². The average Bonchev–Trinajstić information content (AvgIpc) is 2.92. The van der Waals surface area contributed by atoms with Crippen LogP contribution in [0, 0.1) is 6.92 Å². The molecule has 0 saturated carbocycles. The quantitative estimate of drug-likeness (QED) is 0.184. The zero-order chi connectivity index (χ0) is 23.4. The Morgan fingerprint density at radius 1 is 0.371 bits per heavy atom. The van der Waals surface area contributed by atoms with Gasteiger partial charge in [0, 0.05) is 0 Å². The Morgan fingerprint density at radius 3 is 1.43 bits per heavy atom. The zero-order valence-electron chi connectivity index (χ0n) is 19.6. The molecule has 0 atom stereocenters. The first kappa shape index (κ1) is 20.0. The molecular weight excluding hydrogens is 420 g/mol. The summed E-state index contributed by atoms with van der Waals surface area (Å²) in [7, 11) is 0. The lowest BCUT2D eigenvalue weighted by Gasteiger charge is -2.19. The van der Waals surface area contributed by atoms with Crippen molar-refractivity contribution in [3.63, 3.8) is 0 Å². The summed E-state index contributed by atoms with van der Waals surface area (Å²) in [6.45, 7) is 2.15. The molecule has 0 aliphatic carbocycles. The Labute approximate surface area is 205 Å². The van der Waals surface area contributed by atoms with E-state index in [0.29, 0.717) is 0 Å². The van der Waals surface area contributed by atoms with Crippen molar-refractivity contribution in [2.24, 2.45) is 0 Å². The standard InChI is InChI=1S/C35H24/c1-23-18-20-24(21-19-23)34-29-14-6-8-16-31(29)35(32-17-9-7-15-30(32)34)33-22-25-10-2-3-11-26(25)27-12-4-5-13-28(27)33/h2-22H,1H3. The molecule has 0 heteroatoms. The molecule has 0 fully saturated rings. The van der Waals surface area contributed by atoms with E-state index in [4.69, 9.17) is 0 Å². The normalized spacial score (nSPS) is 11.6. The summed E-state index contributed by atoms with van der Waals surface area (Å²) in [5, 5.41) is 10.4. The highest BCUT2D eigenvalue weighted by Crippen LogP contribution is 2.46. The van der Waals surface area contributed by atoms with E-state index >= 15 is 0 Å². The first-order valence-corrected chi connectivity index (χ1v) is 12.2. The molecule has 0 radical (unpaired) electrons. The van der Waals surface area contributed by atoms with E-state index in [1.165, 1.54) is 70.9 Å². The molecule has 7 aromatic carbocycles. The maximum atomic E-state index is 2.39. The Balaban J connectivity index is 1.70. The van der Waals surface area contributed by atoms with Crippen molar-refractivity contribution < 1.29 is 0 Å². The van der Waals surface area contributed by atoms with E-state index in [2.05, 4.69) is 134 Å². The van der Waals surface area contributed by atoms with Gasteiger partial charge in [-0.3, -0.25) is 0 Å². The van der Waals surface area contributed by atoms with Crippen LogP contribution < -0.4 is 0 Å². The fraction of sp³-hybridized carbons (Fsp3) is 0.0286. The highest BCUT2D eigenvalue weighted by atomic mass is 14.2. The smallest absolute Gasteiger partial charge is 0.00199 e. The molecule has 7 aromatic rings. The molecule has 0 bridgehead atoms. The van der Waals surface area contributed by atoms with Crippen LogP contribution in [0.1, 0.15) is 5.56 Å². The summed E-state index contributed by atoms with van der Waals surface area (Å²) in [4.78, 5) is 0. The predicted octanol–water partition coefficient (Wildman–Crippen LogP) is 9.94. The topological polar surface area (TPSA) is 0 Å². The maximum Gasteiger partial charge on any atom is -0.00199 e. The minimum absolute atomic E-state index is 1.26. The summed E-state index contributed by atoms with van der Waals surface area (Å²) in [6.07, 6.45) is 0. The summed E-state index contributed by atoms with van der Waals surface area (Å²) in [5.41, 5.74) is 6.46. The van der Waals surface area contributed by atoms with Crippen molar-refractivity contribution in [3.05, 3.63) is 133 Å². The third-order valence-electron chi connectivity index (χ3n) is 7.31.